The Balaban J connectivity index is 1.40. The highest BCUT2D eigenvalue weighted by Gasteiger charge is 2.18. The van der Waals surface area contributed by atoms with Gasteiger partial charge in [-0.2, -0.15) is 10.5 Å². The first-order valence-electron chi connectivity index (χ1n) is 15.7. The quantitative estimate of drug-likeness (QED) is 0.182. The molecule has 222 valence electrons. The molecule has 0 fully saturated rings. The molecule has 6 aromatic carbocycles. The number of pyridine rings is 2. The number of nitriles is 2. The van der Waals surface area contributed by atoms with Gasteiger partial charge in [0.1, 0.15) is 23.5 Å². The molecular formula is C44H26N4. The van der Waals surface area contributed by atoms with Crippen LogP contribution in [0.1, 0.15) is 11.4 Å². The summed E-state index contributed by atoms with van der Waals surface area (Å²) in [5.41, 5.74) is 11.6. The summed E-state index contributed by atoms with van der Waals surface area (Å²) in [7, 11) is 0. The van der Waals surface area contributed by atoms with Gasteiger partial charge in [-0.05, 0) is 109 Å². The van der Waals surface area contributed by atoms with Gasteiger partial charge in [-0.25, -0.2) is 9.97 Å². The topological polar surface area (TPSA) is 73.4 Å². The van der Waals surface area contributed by atoms with Gasteiger partial charge in [0.05, 0.1) is 0 Å². The molecule has 0 bridgehead atoms. The van der Waals surface area contributed by atoms with E-state index in [2.05, 4.69) is 137 Å². The normalized spacial score (nSPS) is 10.9. The van der Waals surface area contributed by atoms with Crippen LogP contribution in [-0.4, -0.2) is 9.97 Å². The molecule has 8 rings (SSSR count). The van der Waals surface area contributed by atoms with Crippen LogP contribution in [0.3, 0.4) is 0 Å². The highest BCUT2D eigenvalue weighted by Crippen LogP contribution is 2.45. The number of fused-ring (bicyclic) bond motifs is 2. The predicted octanol–water partition coefficient (Wildman–Crippen LogP) is 10.9. The van der Waals surface area contributed by atoms with Crippen molar-refractivity contribution >= 4 is 21.5 Å². The predicted molar refractivity (Wildman–Crippen MR) is 194 cm³/mol. The fourth-order valence-electron chi connectivity index (χ4n) is 6.58. The van der Waals surface area contributed by atoms with Crippen molar-refractivity contribution in [3.05, 3.63) is 169 Å². The molecule has 0 saturated heterocycles. The second-order valence-electron chi connectivity index (χ2n) is 11.7. The lowest BCUT2D eigenvalue weighted by molar-refractivity contribution is 1.26. The minimum absolute atomic E-state index is 0.399. The molecule has 2 heterocycles. The number of benzene rings is 6. The molecule has 0 atom stereocenters. The zero-order chi connectivity index (χ0) is 32.5. The largest absolute Gasteiger partial charge is 0.245 e. The highest BCUT2D eigenvalue weighted by molar-refractivity contribution is 6.22. The van der Waals surface area contributed by atoms with Gasteiger partial charge in [-0.3, -0.25) is 0 Å². The minimum atomic E-state index is 0.399. The van der Waals surface area contributed by atoms with Crippen LogP contribution in [-0.2, 0) is 0 Å². The molecular weight excluding hydrogens is 585 g/mol. The Bertz CT molecular complexity index is 2560. The van der Waals surface area contributed by atoms with E-state index in [1.807, 2.05) is 18.2 Å². The fraction of sp³-hybridized carbons (Fsp3) is 0. The second kappa shape index (κ2) is 12.1. The maximum absolute atomic E-state index is 9.27. The summed E-state index contributed by atoms with van der Waals surface area (Å²) in [6.07, 6.45) is 3.53. The Morgan fingerprint density at radius 3 is 1.29 bits per heavy atom. The lowest BCUT2D eigenvalue weighted by atomic mass is 9.84. The molecule has 4 nitrogen and oxygen atoms in total. The van der Waals surface area contributed by atoms with Crippen molar-refractivity contribution in [2.75, 3.05) is 0 Å². The van der Waals surface area contributed by atoms with Gasteiger partial charge >= 0.3 is 0 Å². The lowest BCUT2D eigenvalue weighted by Gasteiger charge is -2.19. The standard InChI is InChI=1S/C44H26N4/c45-25-37-19-16-35(27-47-37)30-10-6-12-33(22-30)43-39-14-4-5-15-40(39)44(42-24-32(18-21-41(42)43)29-8-2-1-3-9-29)34-13-7-11-31(23-34)36-17-20-38(26-46)48-28-36/h1-24,27-28H. The zero-order valence-corrected chi connectivity index (χ0v) is 25.8. The van der Waals surface area contributed by atoms with E-state index in [-0.39, 0.29) is 0 Å². The van der Waals surface area contributed by atoms with Gasteiger partial charge in [0, 0.05) is 23.5 Å². The molecule has 0 radical (unpaired) electrons. The smallest absolute Gasteiger partial charge is 0.140 e. The van der Waals surface area contributed by atoms with Crippen LogP contribution >= 0.6 is 0 Å². The summed E-state index contributed by atoms with van der Waals surface area (Å²) in [5, 5.41) is 23.2. The third-order valence-electron chi connectivity index (χ3n) is 8.86. The molecule has 0 amide bonds. The third-order valence-corrected chi connectivity index (χ3v) is 8.86. The van der Waals surface area contributed by atoms with Crippen molar-refractivity contribution < 1.29 is 0 Å². The molecule has 0 saturated carbocycles. The van der Waals surface area contributed by atoms with Crippen LogP contribution in [0.25, 0.3) is 77.2 Å². The van der Waals surface area contributed by atoms with Crippen molar-refractivity contribution in [3.8, 4) is 67.8 Å². The first-order valence-corrected chi connectivity index (χ1v) is 15.7. The molecule has 0 unspecified atom stereocenters. The summed E-state index contributed by atoms with van der Waals surface area (Å²) in [6, 6.07) is 54.7. The van der Waals surface area contributed by atoms with E-state index in [0.717, 1.165) is 71.6 Å². The van der Waals surface area contributed by atoms with E-state index < -0.39 is 0 Å². The first-order chi connectivity index (χ1) is 23.7. The molecule has 4 heteroatoms. The molecule has 0 spiro atoms. The molecule has 0 aliphatic carbocycles. The summed E-state index contributed by atoms with van der Waals surface area (Å²) >= 11 is 0. The van der Waals surface area contributed by atoms with Crippen molar-refractivity contribution in [3.63, 3.8) is 0 Å². The van der Waals surface area contributed by atoms with Crippen molar-refractivity contribution in [1.82, 2.24) is 9.97 Å². The van der Waals surface area contributed by atoms with Gasteiger partial charge < -0.3 is 0 Å². The molecule has 8 aromatic rings. The van der Waals surface area contributed by atoms with E-state index in [0.29, 0.717) is 11.4 Å². The number of hydrogen-bond acceptors (Lipinski definition) is 4. The Labute approximate surface area is 278 Å². The summed E-state index contributed by atoms with van der Waals surface area (Å²) in [4.78, 5) is 8.64. The third kappa shape index (κ3) is 5.14. The van der Waals surface area contributed by atoms with Crippen molar-refractivity contribution in [2.24, 2.45) is 0 Å². The zero-order valence-electron chi connectivity index (χ0n) is 25.8. The molecule has 2 aromatic heterocycles. The summed E-state index contributed by atoms with van der Waals surface area (Å²) in [5.74, 6) is 0. The minimum Gasteiger partial charge on any atom is -0.245 e. The van der Waals surface area contributed by atoms with Crippen molar-refractivity contribution in [2.45, 2.75) is 0 Å². The fourth-order valence-corrected chi connectivity index (χ4v) is 6.58. The number of rotatable bonds is 5. The first kappa shape index (κ1) is 28.6. The molecule has 0 aliphatic rings. The number of hydrogen-bond donors (Lipinski definition) is 0. The summed E-state index contributed by atoms with van der Waals surface area (Å²) in [6.45, 7) is 0. The summed E-state index contributed by atoms with van der Waals surface area (Å²) < 4.78 is 0. The Hall–Kier alpha value is -6.88. The van der Waals surface area contributed by atoms with Crippen LogP contribution in [0.2, 0.25) is 0 Å². The Morgan fingerprint density at radius 1 is 0.333 bits per heavy atom. The van der Waals surface area contributed by atoms with E-state index in [4.69, 9.17) is 0 Å². The van der Waals surface area contributed by atoms with Gasteiger partial charge in [-0.1, -0.05) is 103 Å². The molecule has 0 aliphatic heterocycles. The molecule has 48 heavy (non-hydrogen) atoms. The van der Waals surface area contributed by atoms with Gasteiger partial charge in [0.15, 0.2) is 0 Å². The van der Waals surface area contributed by atoms with Crippen LogP contribution in [0, 0.1) is 22.7 Å². The monoisotopic (exact) mass is 610 g/mol. The van der Waals surface area contributed by atoms with Gasteiger partial charge in [0.2, 0.25) is 0 Å². The van der Waals surface area contributed by atoms with Crippen molar-refractivity contribution in [1.29, 1.82) is 10.5 Å². The second-order valence-corrected chi connectivity index (χ2v) is 11.7. The van der Waals surface area contributed by atoms with Crippen LogP contribution < -0.4 is 0 Å². The average molecular weight is 611 g/mol. The average Bonchev–Trinajstić information content (AvgIpc) is 3.17. The highest BCUT2D eigenvalue weighted by atomic mass is 14.7. The number of nitrogens with zero attached hydrogens (tertiary/aromatic N) is 4. The lowest BCUT2D eigenvalue weighted by Crippen LogP contribution is -1.93. The van der Waals surface area contributed by atoms with E-state index >= 15 is 0 Å². The maximum Gasteiger partial charge on any atom is 0.140 e. The van der Waals surface area contributed by atoms with Gasteiger partial charge in [-0.15, -0.1) is 0 Å². The SMILES string of the molecule is N#Cc1ccc(-c2cccc(-c3c4ccccc4c(-c4cccc(-c5ccc(C#N)nc5)c4)c4cc(-c5ccccc5)ccc34)c2)cn1. The van der Waals surface area contributed by atoms with Crippen LogP contribution in [0.5, 0.6) is 0 Å². The van der Waals surface area contributed by atoms with Gasteiger partial charge in [0.25, 0.3) is 0 Å². The van der Waals surface area contributed by atoms with Crippen LogP contribution in [0.15, 0.2) is 158 Å². The number of aromatic nitrogens is 2. The van der Waals surface area contributed by atoms with E-state index in [1.165, 1.54) is 5.56 Å². The van der Waals surface area contributed by atoms with E-state index in [1.54, 1.807) is 24.5 Å². The van der Waals surface area contributed by atoms with Crippen LogP contribution in [0.4, 0.5) is 0 Å². The Kier molecular flexibility index (Phi) is 7.23. The van der Waals surface area contributed by atoms with E-state index in [9.17, 15) is 10.5 Å². The Morgan fingerprint density at radius 2 is 0.771 bits per heavy atom. The maximum atomic E-state index is 9.27. The molecule has 0 N–H and O–H groups in total.